The fourth-order valence-corrected chi connectivity index (χ4v) is 3.60. The number of alkyl halides is 3. The van der Waals surface area contributed by atoms with Gasteiger partial charge in [-0.2, -0.15) is 0 Å². The third-order valence-electron chi connectivity index (χ3n) is 2.47. The third kappa shape index (κ3) is 4.70. The van der Waals surface area contributed by atoms with Crippen LogP contribution in [0.25, 0.3) is 0 Å². The van der Waals surface area contributed by atoms with Crippen LogP contribution in [-0.2, 0) is 6.18 Å². The van der Waals surface area contributed by atoms with Gasteiger partial charge in [-0.1, -0.05) is 0 Å². The van der Waals surface area contributed by atoms with E-state index in [0.717, 1.165) is 29.1 Å². The Morgan fingerprint density at radius 1 is 1.18 bits per heavy atom. The molecular weight excluding hydrogens is 294 g/mol. The molecule has 0 amide bonds. The minimum absolute atomic E-state index is 0.0767. The summed E-state index contributed by atoms with van der Waals surface area (Å²) in [5, 5.41) is 0. The van der Waals surface area contributed by atoms with Crippen molar-refractivity contribution < 1.29 is 13.2 Å². The van der Waals surface area contributed by atoms with Gasteiger partial charge in [-0.15, -0.1) is 0 Å². The molecule has 0 unspecified atom stereocenters. The van der Waals surface area contributed by atoms with E-state index in [0.29, 0.717) is 0 Å². The Labute approximate surface area is 106 Å². The van der Waals surface area contributed by atoms with Crippen LogP contribution in [0.15, 0.2) is 24.3 Å². The average molecular weight is 310 g/mol. The van der Waals surface area contributed by atoms with Crippen molar-refractivity contribution in [3.8, 4) is 0 Å². The zero-order valence-electron chi connectivity index (χ0n) is 9.92. The van der Waals surface area contributed by atoms with Crippen molar-refractivity contribution in [2.45, 2.75) is 20.0 Å². The summed E-state index contributed by atoms with van der Waals surface area (Å²) in [7, 11) is 0. The van der Waals surface area contributed by atoms with Gasteiger partial charge in [0.1, 0.15) is 0 Å². The molecule has 1 nitrogen and oxygen atoms in total. The molecule has 0 aromatic heterocycles. The summed E-state index contributed by atoms with van der Waals surface area (Å²) in [6.45, 7) is 6.01. The number of rotatable bonds is 5. The van der Waals surface area contributed by atoms with E-state index < -0.39 is 11.7 Å². The van der Waals surface area contributed by atoms with Crippen LogP contribution in [0, 0.1) is 0 Å². The summed E-state index contributed by atoms with van der Waals surface area (Å²) in [6.07, 6.45) is -4.23. The van der Waals surface area contributed by atoms with E-state index in [-0.39, 0.29) is 15.0 Å². The van der Waals surface area contributed by atoms with Gasteiger partial charge in [-0.25, -0.2) is 0 Å². The zero-order chi connectivity index (χ0) is 12.9. The first kappa shape index (κ1) is 14.6. The van der Waals surface area contributed by atoms with E-state index in [9.17, 15) is 13.2 Å². The molecule has 0 saturated carbocycles. The van der Waals surface area contributed by atoms with Crippen LogP contribution in [0.5, 0.6) is 0 Å². The Hall–Kier alpha value is -0.511. The van der Waals surface area contributed by atoms with Gasteiger partial charge < -0.3 is 0 Å². The Kier molecular flexibility index (Phi) is 5.50. The van der Waals surface area contributed by atoms with Gasteiger partial charge in [-0.05, 0) is 0 Å². The van der Waals surface area contributed by atoms with Crippen molar-refractivity contribution in [3.05, 3.63) is 29.8 Å². The molecule has 17 heavy (non-hydrogen) atoms. The first-order chi connectivity index (χ1) is 7.97. The second kappa shape index (κ2) is 6.43. The van der Waals surface area contributed by atoms with Crippen molar-refractivity contribution >= 4 is 19.4 Å². The summed E-state index contributed by atoms with van der Waals surface area (Å²) in [5.74, 6) is 0. The molecule has 0 saturated heterocycles. The van der Waals surface area contributed by atoms with Gasteiger partial charge in [0.15, 0.2) is 0 Å². The predicted octanol–water partition coefficient (Wildman–Crippen LogP) is 2.33. The third-order valence-corrected chi connectivity index (χ3v) is 4.74. The Morgan fingerprint density at radius 3 is 2.35 bits per heavy atom. The van der Waals surface area contributed by atoms with Gasteiger partial charge in [0.25, 0.3) is 0 Å². The summed E-state index contributed by atoms with van der Waals surface area (Å²) in [5.41, 5.74) is 0.317. The van der Waals surface area contributed by atoms with Crippen molar-refractivity contribution in [1.82, 2.24) is 4.90 Å². The number of nitrogens with zero attached hydrogens (tertiary/aromatic N) is 1. The normalized spacial score (nSPS) is 12.1. The first-order valence-electron chi connectivity index (χ1n) is 5.49. The number of hydrogen-bond acceptors (Lipinski definition) is 1. The summed E-state index contributed by atoms with van der Waals surface area (Å²) < 4.78 is 38.3. The van der Waals surface area contributed by atoms with Crippen molar-refractivity contribution in [3.63, 3.8) is 0 Å². The van der Waals surface area contributed by atoms with Crippen molar-refractivity contribution in [1.29, 1.82) is 0 Å². The van der Waals surface area contributed by atoms with Crippen LogP contribution in [-0.4, -0.2) is 38.4 Å². The van der Waals surface area contributed by atoms with E-state index in [1.165, 1.54) is 12.1 Å². The molecule has 0 aliphatic rings. The van der Waals surface area contributed by atoms with Crippen LogP contribution in [0.4, 0.5) is 13.2 Å². The quantitative estimate of drug-likeness (QED) is 0.755. The molecule has 1 rings (SSSR count). The van der Waals surface area contributed by atoms with E-state index in [1.807, 2.05) is 0 Å². The predicted molar refractivity (Wildman–Crippen MR) is 64.6 cm³/mol. The molecule has 0 bridgehead atoms. The van der Waals surface area contributed by atoms with Gasteiger partial charge >= 0.3 is 106 Å². The summed E-state index contributed by atoms with van der Waals surface area (Å²) in [4.78, 5) is 2.22. The monoisotopic (exact) mass is 311 g/mol. The number of benzene rings is 1. The fraction of sp³-hybridized carbons (Fsp3) is 0.500. The molecule has 5 heteroatoms. The van der Waals surface area contributed by atoms with Gasteiger partial charge in [0.05, 0.1) is 0 Å². The second-order valence-corrected chi connectivity index (χ2v) is 5.74. The minimum atomic E-state index is -4.23. The van der Waals surface area contributed by atoms with Gasteiger partial charge in [0.2, 0.25) is 0 Å². The standard InChI is InChI=1S/C12H16F3NSe/c1-3-16(4-2)9-17-11-7-5-6-10(8-11)12(13,14)15/h5-8H,3-4,9H2,1-2H3. The molecule has 96 valence electrons. The number of hydrogen-bond donors (Lipinski definition) is 0. The molecule has 1 aromatic rings. The number of halogens is 3. The molecule has 0 atom stereocenters. The van der Waals surface area contributed by atoms with E-state index in [1.54, 1.807) is 6.07 Å². The van der Waals surface area contributed by atoms with Crippen LogP contribution < -0.4 is 4.46 Å². The van der Waals surface area contributed by atoms with E-state index in [2.05, 4.69) is 18.7 Å². The Morgan fingerprint density at radius 2 is 1.82 bits per heavy atom. The average Bonchev–Trinajstić information content (AvgIpc) is 2.30. The van der Waals surface area contributed by atoms with Crippen LogP contribution in [0.2, 0.25) is 0 Å². The van der Waals surface area contributed by atoms with Crippen molar-refractivity contribution in [2.24, 2.45) is 0 Å². The van der Waals surface area contributed by atoms with Crippen LogP contribution >= 0.6 is 0 Å². The fourth-order valence-electron chi connectivity index (χ4n) is 1.33. The molecule has 0 N–H and O–H groups in total. The van der Waals surface area contributed by atoms with Gasteiger partial charge in [-0.3, -0.25) is 0 Å². The molecule has 0 radical (unpaired) electrons. The molecule has 0 spiro atoms. The summed E-state index contributed by atoms with van der Waals surface area (Å²) >= 11 is 0.0767. The maximum absolute atomic E-state index is 12.5. The topological polar surface area (TPSA) is 3.24 Å². The van der Waals surface area contributed by atoms with Crippen LogP contribution in [0.1, 0.15) is 19.4 Å². The Bertz CT molecular complexity index is 348. The maximum atomic E-state index is 12.5. The zero-order valence-corrected chi connectivity index (χ0v) is 11.6. The molecule has 0 aliphatic carbocycles. The van der Waals surface area contributed by atoms with Crippen molar-refractivity contribution in [2.75, 3.05) is 18.5 Å². The molecule has 0 fully saturated rings. The van der Waals surface area contributed by atoms with Crippen LogP contribution in [0.3, 0.4) is 0 Å². The molecular formula is C12H16F3NSe. The second-order valence-electron chi connectivity index (χ2n) is 3.60. The van der Waals surface area contributed by atoms with Gasteiger partial charge in [0, 0.05) is 0 Å². The molecule has 0 heterocycles. The van der Waals surface area contributed by atoms with E-state index >= 15 is 0 Å². The summed E-state index contributed by atoms with van der Waals surface area (Å²) in [6, 6.07) is 5.65. The van der Waals surface area contributed by atoms with E-state index in [4.69, 9.17) is 0 Å². The molecule has 0 aliphatic heterocycles. The molecule has 1 aromatic carbocycles. The Balaban J connectivity index is 2.66. The SMILES string of the molecule is CCN(CC)C[Se]c1cccc(C(F)(F)F)c1. The first-order valence-corrected chi connectivity index (χ1v) is 7.56.